The standard InChI is InChI=1S/C12H16N4O/c1-8-6-10-14-12(9-2-4-13-5-3-9)15-16(10)11(17)7-8/h6-7,9,13H,2-5H2,1H3,(H,14,15). The smallest absolute Gasteiger partial charge is 0.271 e. The quantitative estimate of drug-likeness (QED) is 0.764. The molecule has 1 aliphatic heterocycles. The minimum Gasteiger partial charge on any atom is -0.317 e. The van der Waals surface area contributed by atoms with Gasteiger partial charge in [0.2, 0.25) is 0 Å². The fourth-order valence-corrected chi connectivity index (χ4v) is 2.42. The SMILES string of the molecule is Cc1cc(=O)n2[nH]c(C3CCNCC3)nc2c1. The molecule has 3 heterocycles. The molecule has 0 aliphatic carbocycles. The molecular weight excluding hydrogens is 216 g/mol. The third-order valence-electron chi connectivity index (χ3n) is 3.34. The normalized spacial score (nSPS) is 17.7. The summed E-state index contributed by atoms with van der Waals surface area (Å²) in [4.78, 5) is 16.3. The van der Waals surface area contributed by atoms with Gasteiger partial charge in [-0.15, -0.1) is 0 Å². The number of aromatic nitrogens is 3. The fourth-order valence-electron chi connectivity index (χ4n) is 2.42. The topological polar surface area (TPSA) is 62.2 Å². The van der Waals surface area contributed by atoms with Gasteiger partial charge in [0.05, 0.1) is 0 Å². The summed E-state index contributed by atoms with van der Waals surface area (Å²) >= 11 is 0. The zero-order valence-electron chi connectivity index (χ0n) is 9.86. The number of pyridine rings is 1. The highest BCUT2D eigenvalue weighted by atomic mass is 16.1. The first-order valence-corrected chi connectivity index (χ1v) is 6.04. The Balaban J connectivity index is 2.06. The number of piperidine rings is 1. The lowest BCUT2D eigenvalue weighted by Crippen LogP contribution is -2.27. The van der Waals surface area contributed by atoms with Crippen molar-refractivity contribution in [3.05, 3.63) is 33.9 Å². The largest absolute Gasteiger partial charge is 0.317 e. The zero-order chi connectivity index (χ0) is 11.8. The Morgan fingerprint density at radius 1 is 1.35 bits per heavy atom. The van der Waals surface area contributed by atoms with Crippen molar-refractivity contribution in [3.8, 4) is 0 Å². The van der Waals surface area contributed by atoms with E-state index in [0.29, 0.717) is 5.92 Å². The van der Waals surface area contributed by atoms with Crippen LogP contribution in [0.1, 0.15) is 30.1 Å². The van der Waals surface area contributed by atoms with Crippen LogP contribution in [0.3, 0.4) is 0 Å². The van der Waals surface area contributed by atoms with Crippen LogP contribution >= 0.6 is 0 Å². The molecule has 0 radical (unpaired) electrons. The van der Waals surface area contributed by atoms with Gasteiger partial charge in [0.1, 0.15) is 5.82 Å². The Morgan fingerprint density at radius 3 is 2.88 bits per heavy atom. The van der Waals surface area contributed by atoms with Crippen molar-refractivity contribution in [1.29, 1.82) is 0 Å². The van der Waals surface area contributed by atoms with Crippen LogP contribution in [0.5, 0.6) is 0 Å². The van der Waals surface area contributed by atoms with Crippen LogP contribution in [-0.4, -0.2) is 27.7 Å². The number of aryl methyl sites for hydroxylation is 1. The van der Waals surface area contributed by atoms with Gasteiger partial charge in [-0.25, -0.2) is 9.50 Å². The molecule has 0 bridgehead atoms. The van der Waals surface area contributed by atoms with E-state index in [1.54, 1.807) is 6.07 Å². The highest BCUT2D eigenvalue weighted by Gasteiger charge is 2.18. The molecule has 0 spiro atoms. The molecule has 0 saturated carbocycles. The van der Waals surface area contributed by atoms with E-state index in [-0.39, 0.29) is 5.56 Å². The second-order valence-corrected chi connectivity index (χ2v) is 4.70. The zero-order valence-corrected chi connectivity index (χ0v) is 9.86. The van der Waals surface area contributed by atoms with Crippen molar-refractivity contribution in [1.82, 2.24) is 19.9 Å². The second-order valence-electron chi connectivity index (χ2n) is 4.70. The average molecular weight is 232 g/mol. The molecule has 1 fully saturated rings. The highest BCUT2D eigenvalue weighted by Crippen LogP contribution is 2.22. The Labute approximate surface area is 98.9 Å². The van der Waals surface area contributed by atoms with Crippen molar-refractivity contribution >= 4 is 5.65 Å². The first-order chi connectivity index (χ1) is 8.24. The van der Waals surface area contributed by atoms with Gasteiger partial charge >= 0.3 is 0 Å². The highest BCUT2D eigenvalue weighted by molar-refractivity contribution is 5.40. The minimum atomic E-state index is -0.0346. The number of aromatic amines is 1. The molecule has 2 aromatic heterocycles. The summed E-state index contributed by atoms with van der Waals surface area (Å²) in [5.74, 6) is 1.38. The van der Waals surface area contributed by atoms with Gasteiger partial charge in [0.15, 0.2) is 5.65 Å². The number of fused-ring (bicyclic) bond motifs is 1. The van der Waals surface area contributed by atoms with Gasteiger partial charge in [0.25, 0.3) is 5.56 Å². The van der Waals surface area contributed by atoms with Crippen molar-refractivity contribution in [2.45, 2.75) is 25.7 Å². The van der Waals surface area contributed by atoms with Crippen LogP contribution in [-0.2, 0) is 0 Å². The lowest BCUT2D eigenvalue weighted by atomic mass is 9.98. The second kappa shape index (κ2) is 4.00. The summed E-state index contributed by atoms with van der Waals surface area (Å²) in [7, 11) is 0. The molecular formula is C12H16N4O. The van der Waals surface area contributed by atoms with E-state index in [4.69, 9.17) is 0 Å². The van der Waals surface area contributed by atoms with E-state index in [1.807, 2.05) is 13.0 Å². The van der Waals surface area contributed by atoms with Gasteiger partial charge in [-0.3, -0.25) is 9.89 Å². The van der Waals surface area contributed by atoms with E-state index in [0.717, 1.165) is 43.0 Å². The number of H-pyrrole nitrogens is 1. The van der Waals surface area contributed by atoms with Gasteiger partial charge in [0, 0.05) is 12.0 Å². The monoisotopic (exact) mass is 232 g/mol. The average Bonchev–Trinajstić information content (AvgIpc) is 2.74. The van der Waals surface area contributed by atoms with Crippen LogP contribution in [0.4, 0.5) is 0 Å². The molecule has 5 heteroatoms. The summed E-state index contributed by atoms with van der Waals surface area (Å²) < 4.78 is 1.53. The molecule has 2 aromatic rings. The Hall–Kier alpha value is -1.62. The van der Waals surface area contributed by atoms with Gasteiger partial charge in [-0.1, -0.05) is 0 Å². The lowest BCUT2D eigenvalue weighted by molar-refractivity contribution is 0.445. The maximum atomic E-state index is 11.8. The third-order valence-corrected chi connectivity index (χ3v) is 3.34. The molecule has 1 aliphatic rings. The van der Waals surface area contributed by atoms with Gasteiger partial charge < -0.3 is 5.32 Å². The molecule has 2 N–H and O–H groups in total. The predicted octanol–water partition coefficient (Wildman–Crippen LogP) is 0.798. The third kappa shape index (κ3) is 1.86. The number of rotatable bonds is 1. The first kappa shape index (κ1) is 10.5. The maximum Gasteiger partial charge on any atom is 0.271 e. The van der Waals surface area contributed by atoms with Crippen molar-refractivity contribution in [3.63, 3.8) is 0 Å². The number of hydrogen-bond donors (Lipinski definition) is 2. The predicted molar refractivity (Wildman–Crippen MR) is 65.4 cm³/mol. The number of hydrogen-bond acceptors (Lipinski definition) is 3. The van der Waals surface area contributed by atoms with E-state index in [9.17, 15) is 4.79 Å². The van der Waals surface area contributed by atoms with E-state index in [1.165, 1.54) is 4.52 Å². The van der Waals surface area contributed by atoms with Crippen LogP contribution in [0, 0.1) is 6.92 Å². The Kier molecular flexibility index (Phi) is 2.48. The van der Waals surface area contributed by atoms with Crippen LogP contribution in [0.15, 0.2) is 16.9 Å². The fraction of sp³-hybridized carbons (Fsp3) is 0.500. The maximum absolute atomic E-state index is 11.8. The first-order valence-electron chi connectivity index (χ1n) is 6.04. The summed E-state index contributed by atoms with van der Waals surface area (Å²) in [6.45, 7) is 3.96. The van der Waals surface area contributed by atoms with Gasteiger partial charge in [-0.2, -0.15) is 0 Å². The van der Waals surface area contributed by atoms with Crippen LogP contribution < -0.4 is 10.9 Å². The summed E-state index contributed by atoms with van der Waals surface area (Å²) in [5, 5.41) is 6.45. The minimum absolute atomic E-state index is 0.0346. The lowest BCUT2D eigenvalue weighted by Gasteiger charge is -2.19. The molecule has 0 aromatic carbocycles. The molecule has 17 heavy (non-hydrogen) atoms. The van der Waals surface area contributed by atoms with E-state index < -0.39 is 0 Å². The van der Waals surface area contributed by atoms with Crippen molar-refractivity contribution < 1.29 is 0 Å². The summed E-state index contributed by atoms with van der Waals surface area (Å²) in [6.07, 6.45) is 2.15. The molecule has 1 saturated heterocycles. The number of nitrogens with zero attached hydrogens (tertiary/aromatic N) is 2. The Bertz CT molecular complexity index is 592. The molecule has 3 rings (SSSR count). The van der Waals surface area contributed by atoms with Gasteiger partial charge in [-0.05, 0) is 44.5 Å². The number of nitrogens with one attached hydrogen (secondary N) is 2. The van der Waals surface area contributed by atoms with E-state index in [2.05, 4.69) is 15.4 Å². The van der Waals surface area contributed by atoms with Crippen molar-refractivity contribution in [2.75, 3.05) is 13.1 Å². The molecule has 90 valence electrons. The van der Waals surface area contributed by atoms with Crippen molar-refractivity contribution in [2.24, 2.45) is 0 Å². The van der Waals surface area contributed by atoms with Crippen LogP contribution in [0.25, 0.3) is 5.65 Å². The summed E-state index contributed by atoms with van der Waals surface area (Å²) in [6, 6.07) is 3.56. The summed E-state index contributed by atoms with van der Waals surface area (Å²) in [5.41, 5.74) is 1.65. The molecule has 0 amide bonds. The molecule has 0 atom stereocenters. The molecule has 0 unspecified atom stereocenters. The Morgan fingerprint density at radius 2 is 2.12 bits per heavy atom. The van der Waals surface area contributed by atoms with E-state index >= 15 is 0 Å². The van der Waals surface area contributed by atoms with Crippen LogP contribution in [0.2, 0.25) is 0 Å². The molecule has 5 nitrogen and oxygen atoms in total.